The summed E-state index contributed by atoms with van der Waals surface area (Å²) < 4.78 is 24.0. The average molecular weight is 335 g/mol. The van der Waals surface area contributed by atoms with Gasteiger partial charge in [0.05, 0.1) is 17.0 Å². The molecule has 2 heterocycles. The summed E-state index contributed by atoms with van der Waals surface area (Å²) in [5, 5.41) is 9.62. The number of carbonyl (C=O) groups excluding carboxylic acids is 1. The van der Waals surface area contributed by atoms with Crippen LogP contribution in [-0.2, 0) is 21.4 Å². The number of hydrogen-bond acceptors (Lipinski definition) is 4. The predicted octanol–water partition coefficient (Wildman–Crippen LogP) is 0.310. The van der Waals surface area contributed by atoms with Crippen molar-refractivity contribution >= 4 is 27.5 Å². The largest absolute Gasteiger partial charge is 0.342 e. The lowest BCUT2D eigenvalue weighted by Crippen LogP contribution is -2.31. The highest BCUT2D eigenvalue weighted by molar-refractivity contribution is 7.89. The Balaban J connectivity index is 1.86. The Hall–Kier alpha value is -1.12. The number of aryl methyl sites for hydroxylation is 1. The number of hydrogen-bond donors (Lipinski definition) is 1. The molecule has 1 aromatic heterocycles. The van der Waals surface area contributed by atoms with Crippen LogP contribution >= 0.6 is 11.6 Å². The fourth-order valence-electron chi connectivity index (χ4n) is 2.58. The van der Waals surface area contributed by atoms with Crippen molar-refractivity contribution in [1.29, 1.82) is 0 Å². The number of halogens is 1. The van der Waals surface area contributed by atoms with Gasteiger partial charge in [0.25, 0.3) is 0 Å². The van der Waals surface area contributed by atoms with E-state index in [1.54, 1.807) is 15.8 Å². The Morgan fingerprint density at radius 2 is 2.24 bits per heavy atom. The molecule has 1 aliphatic heterocycles. The van der Waals surface area contributed by atoms with Crippen LogP contribution in [0.5, 0.6) is 0 Å². The number of likely N-dealkylation sites (tertiary alicyclic amines) is 1. The highest BCUT2D eigenvalue weighted by Gasteiger charge is 2.34. The SMILES string of the molecule is C[C@@H]1CN(C(=O)CCn2cc(Cl)cn2)C[C@H]1CS(N)(=O)=O. The van der Waals surface area contributed by atoms with Crippen LogP contribution in [0.4, 0.5) is 0 Å². The second-order valence-corrected chi connectivity index (χ2v) is 7.63. The summed E-state index contributed by atoms with van der Waals surface area (Å²) in [5.41, 5.74) is 0. The van der Waals surface area contributed by atoms with Crippen molar-refractivity contribution in [2.24, 2.45) is 17.0 Å². The van der Waals surface area contributed by atoms with Gasteiger partial charge in [-0.1, -0.05) is 18.5 Å². The lowest BCUT2D eigenvalue weighted by Gasteiger charge is -2.16. The topological polar surface area (TPSA) is 98.3 Å². The molecule has 0 saturated carbocycles. The first-order valence-corrected chi connectivity index (χ1v) is 8.80. The van der Waals surface area contributed by atoms with E-state index >= 15 is 0 Å². The number of rotatable bonds is 5. The third-order valence-electron chi connectivity index (χ3n) is 3.72. The Morgan fingerprint density at radius 1 is 1.52 bits per heavy atom. The zero-order chi connectivity index (χ0) is 15.6. The van der Waals surface area contributed by atoms with Gasteiger partial charge in [-0.05, 0) is 11.8 Å². The van der Waals surface area contributed by atoms with Crippen molar-refractivity contribution in [3.8, 4) is 0 Å². The zero-order valence-electron chi connectivity index (χ0n) is 11.8. The van der Waals surface area contributed by atoms with Crippen molar-refractivity contribution in [2.45, 2.75) is 19.9 Å². The monoisotopic (exact) mass is 334 g/mol. The molecule has 0 spiro atoms. The molecular weight excluding hydrogens is 316 g/mol. The summed E-state index contributed by atoms with van der Waals surface area (Å²) in [5.74, 6) is -0.0490. The van der Waals surface area contributed by atoms with Crippen molar-refractivity contribution in [3.05, 3.63) is 17.4 Å². The lowest BCUT2D eigenvalue weighted by molar-refractivity contribution is -0.130. The van der Waals surface area contributed by atoms with Gasteiger partial charge in [-0.25, -0.2) is 13.6 Å². The number of aromatic nitrogens is 2. The summed E-state index contributed by atoms with van der Waals surface area (Å²) in [6.45, 7) is 3.40. The maximum Gasteiger partial charge on any atom is 0.224 e. The Morgan fingerprint density at radius 3 is 2.81 bits per heavy atom. The molecule has 2 atom stereocenters. The molecule has 2 rings (SSSR count). The Labute approximate surface area is 129 Å². The van der Waals surface area contributed by atoms with Gasteiger partial charge in [-0.3, -0.25) is 9.48 Å². The summed E-state index contributed by atoms with van der Waals surface area (Å²) in [4.78, 5) is 13.9. The van der Waals surface area contributed by atoms with Gasteiger partial charge in [0.2, 0.25) is 15.9 Å². The number of amides is 1. The third kappa shape index (κ3) is 4.69. The number of primary sulfonamides is 1. The molecule has 1 saturated heterocycles. The summed E-state index contributed by atoms with van der Waals surface area (Å²) >= 11 is 5.76. The van der Waals surface area contributed by atoms with E-state index in [9.17, 15) is 13.2 Å². The Bertz CT molecular complexity index is 616. The first-order valence-electron chi connectivity index (χ1n) is 6.71. The normalized spacial score (nSPS) is 22.7. The van der Waals surface area contributed by atoms with Crippen LogP contribution in [0.3, 0.4) is 0 Å². The molecule has 21 heavy (non-hydrogen) atoms. The zero-order valence-corrected chi connectivity index (χ0v) is 13.3. The Kier molecular flexibility index (Phi) is 4.90. The van der Waals surface area contributed by atoms with Crippen LogP contribution < -0.4 is 5.14 Å². The highest BCUT2D eigenvalue weighted by atomic mass is 35.5. The minimum absolute atomic E-state index is 0.00890. The van der Waals surface area contributed by atoms with Crippen LogP contribution in [0, 0.1) is 11.8 Å². The average Bonchev–Trinajstić information content (AvgIpc) is 2.92. The molecule has 118 valence electrons. The van der Waals surface area contributed by atoms with Crippen LogP contribution in [0.15, 0.2) is 12.4 Å². The van der Waals surface area contributed by atoms with Crippen LogP contribution in [0.2, 0.25) is 5.02 Å². The second-order valence-electron chi connectivity index (χ2n) is 5.54. The second kappa shape index (κ2) is 6.33. The molecule has 2 N–H and O–H groups in total. The van der Waals surface area contributed by atoms with Gasteiger partial charge in [-0.15, -0.1) is 0 Å². The maximum absolute atomic E-state index is 12.2. The molecule has 1 fully saturated rings. The molecule has 9 heteroatoms. The molecule has 1 aliphatic rings. The molecule has 0 radical (unpaired) electrons. The molecular formula is C12H19ClN4O3S. The van der Waals surface area contributed by atoms with E-state index in [0.717, 1.165) is 0 Å². The molecule has 0 aromatic carbocycles. The summed E-state index contributed by atoms with van der Waals surface area (Å²) in [6, 6.07) is 0. The first kappa shape index (κ1) is 16.3. The number of nitrogens with two attached hydrogens (primary N) is 1. The minimum atomic E-state index is -3.51. The predicted molar refractivity (Wildman–Crippen MR) is 79.1 cm³/mol. The van der Waals surface area contributed by atoms with E-state index < -0.39 is 10.0 Å². The molecule has 0 unspecified atom stereocenters. The van der Waals surface area contributed by atoms with E-state index in [0.29, 0.717) is 31.1 Å². The minimum Gasteiger partial charge on any atom is -0.342 e. The number of carbonyl (C=O) groups is 1. The van der Waals surface area contributed by atoms with Crippen LogP contribution in [0.25, 0.3) is 0 Å². The highest BCUT2D eigenvalue weighted by Crippen LogP contribution is 2.24. The third-order valence-corrected chi connectivity index (χ3v) is 4.81. The molecule has 7 nitrogen and oxygen atoms in total. The van der Waals surface area contributed by atoms with Gasteiger partial charge in [0.15, 0.2) is 0 Å². The van der Waals surface area contributed by atoms with Gasteiger partial charge in [0, 0.05) is 32.3 Å². The lowest BCUT2D eigenvalue weighted by atomic mass is 10.0. The number of nitrogens with zero attached hydrogens (tertiary/aromatic N) is 3. The van der Waals surface area contributed by atoms with Gasteiger partial charge in [-0.2, -0.15) is 5.10 Å². The van der Waals surface area contributed by atoms with Crippen LogP contribution in [0.1, 0.15) is 13.3 Å². The fraction of sp³-hybridized carbons (Fsp3) is 0.667. The van der Waals surface area contributed by atoms with Crippen molar-refractivity contribution in [2.75, 3.05) is 18.8 Å². The van der Waals surface area contributed by atoms with Gasteiger partial charge < -0.3 is 4.90 Å². The smallest absolute Gasteiger partial charge is 0.224 e. The summed E-state index contributed by atoms with van der Waals surface area (Å²) in [6.07, 6.45) is 3.49. The quantitative estimate of drug-likeness (QED) is 0.837. The van der Waals surface area contributed by atoms with Gasteiger partial charge >= 0.3 is 0 Å². The van der Waals surface area contributed by atoms with E-state index in [-0.39, 0.29) is 23.5 Å². The van der Waals surface area contributed by atoms with E-state index in [4.69, 9.17) is 16.7 Å². The molecule has 1 amide bonds. The van der Waals surface area contributed by atoms with E-state index in [1.807, 2.05) is 6.92 Å². The van der Waals surface area contributed by atoms with Crippen molar-refractivity contribution in [1.82, 2.24) is 14.7 Å². The summed E-state index contributed by atoms with van der Waals surface area (Å²) in [7, 11) is -3.51. The maximum atomic E-state index is 12.2. The van der Waals surface area contributed by atoms with E-state index in [1.165, 1.54) is 6.20 Å². The molecule has 0 bridgehead atoms. The molecule has 1 aromatic rings. The fourth-order valence-corrected chi connectivity index (χ4v) is 3.77. The van der Waals surface area contributed by atoms with Crippen LogP contribution in [-0.4, -0.2) is 47.8 Å². The first-order chi connectivity index (χ1) is 9.74. The van der Waals surface area contributed by atoms with Gasteiger partial charge in [0.1, 0.15) is 0 Å². The standard InChI is InChI=1S/C12H19ClN4O3S/c1-9-5-16(6-10(9)8-21(14,19)20)12(18)2-3-17-7-11(13)4-15-17/h4,7,9-10H,2-3,5-6,8H2,1H3,(H2,14,19,20)/t9-,10+/m1/s1. The molecule has 0 aliphatic carbocycles. The van der Waals surface area contributed by atoms with Crippen molar-refractivity contribution < 1.29 is 13.2 Å². The van der Waals surface area contributed by atoms with Crippen molar-refractivity contribution in [3.63, 3.8) is 0 Å². The number of sulfonamides is 1. The van der Waals surface area contributed by atoms with E-state index in [2.05, 4.69) is 5.10 Å².